The van der Waals surface area contributed by atoms with Gasteiger partial charge in [-0.05, 0) is 59.6 Å². The molecule has 0 spiro atoms. The summed E-state index contributed by atoms with van der Waals surface area (Å²) in [6, 6.07) is 33.6. The molecule has 1 amide bonds. The number of amides is 1. The van der Waals surface area contributed by atoms with Crippen LogP contribution in [0.1, 0.15) is 38.0 Å². The number of para-hydroxylation sites is 1. The Morgan fingerprint density at radius 1 is 0.854 bits per heavy atom. The highest BCUT2D eigenvalue weighted by Crippen LogP contribution is 2.32. The summed E-state index contributed by atoms with van der Waals surface area (Å²) in [5, 5.41) is 2.27. The van der Waals surface area contributed by atoms with Crippen LogP contribution in [0.15, 0.2) is 97.1 Å². The first-order valence-corrected chi connectivity index (χ1v) is 20.9. The van der Waals surface area contributed by atoms with Crippen molar-refractivity contribution in [1.29, 1.82) is 0 Å². The van der Waals surface area contributed by atoms with Crippen LogP contribution in [-0.4, -0.2) is 58.7 Å². The van der Waals surface area contributed by atoms with Gasteiger partial charge in [0.1, 0.15) is 19.0 Å². The fourth-order valence-corrected chi connectivity index (χ4v) is 9.36. The molecule has 2 N–H and O–H groups in total. The summed E-state index contributed by atoms with van der Waals surface area (Å²) >= 11 is 0. The molecule has 254 valence electrons. The molecule has 0 aliphatic heterocycles. The van der Waals surface area contributed by atoms with Gasteiger partial charge in [-0.15, -0.1) is 0 Å². The van der Waals surface area contributed by atoms with Gasteiger partial charge < -0.3 is 23.8 Å². The van der Waals surface area contributed by atoms with Crippen molar-refractivity contribution in [2.45, 2.75) is 51.6 Å². The minimum Gasteiger partial charge on any atom is -0.492 e. The van der Waals surface area contributed by atoms with E-state index in [0.717, 1.165) is 57.3 Å². The Morgan fingerprint density at radius 2 is 1.56 bits per heavy atom. The van der Waals surface area contributed by atoms with Crippen molar-refractivity contribution in [1.82, 2.24) is 9.88 Å². The number of ether oxygens (including phenoxy) is 2. The molecule has 1 atom stereocenters. The molecule has 0 saturated heterocycles. The number of aromatic nitrogens is 1. The molecule has 1 aromatic heterocycles. The van der Waals surface area contributed by atoms with E-state index in [1.165, 1.54) is 0 Å². The zero-order valence-electron chi connectivity index (χ0n) is 28.1. The summed E-state index contributed by atoms with van der Waals surface area (Å²) in [5.74, 6) is 0.688. The van der Waals surface area contributed by atoms with Crippen LogP contribution in [0.5, 0.6) is 5.75 Å². The van der Waals surface area contributed by atoms with Gasteiger partial charge in [0, 0.05) is 28.0 Å². The minimum atomic E-state index is -3.48. The van der Waals surface area contributed by atoms with Crippen molar-refractivity contribution in [2.75, 3.05) is 30.7 Å². The molecule has 1 heterocycles. The van der Waals surface area contributed by atoms with Gasteiger partial charge in [0.25, 0.3) is 0 Å². The number of nitrogens with zero attached hydrogens (tertiary/aromatic N) is 1. The number of rotatable bonds is 16. The van der Waals surface area contributed by atoms with E-state index >= 15 is 0 Å². The van der Waals surface area contributed by atoms with Crippen molar-refractivity contribution >= 4 is 51.9 Å². The predicted molar refractivity (Wildman–Crippen MR) is 195 cm³/mol. The number of benzene rings is 4. The Balaban J connectivity index is 1.40. The molecule has 48 heavy (non-hydrogen) atoms. The van der Waals surface area contributed by atoms with E-state index in [9.17, 15) is 13.2 Å². The molecule has 0 fully saturated rings. The van der Waals surface area contributed by atoms with Gasteiger partial charge in [-0.3, -0.25) is 4.72 Å². The van der Waals surface area contributed by atoms with Gasteiger partial charge in [0.2, 0.25) is 10.0 Å². The van der Waals surface area contributed by atoms with E-state index in [-0.39, 0.29) is 26.3 Å². The topological polar surface area (TPSA) is 110 Å². The number of carbonyl (C=O) groups excluding carboxylic acids is 1. The first-order valence-electron chi connectivity index (χ1n) is 16.5. The fourth-order valence-electron chi connectivity index (χ4n) is 5.99. The van der Waals surface area contributed by atoms with Gasteiger partial charge >= 0.3 is 6.09 Å². The smallest absolute Gasteiger partial charge is 0.410 e. The molecule has 11 heteroatoms. The zero-order valence-corrected chi connectivity index (χ0v) is 29.9. The van der Waals surface area contributed by atoms with Crippen LogP contribution in [0.3, 0.4) is 0 Å². The average Bonchev–Trinajstić information content (AvgIpc) is 3.46. The van der Waals surface area contributed by atoms with Gasteiger partial charge in [0.15, 0.2) is 8.32 Å². The summed E-state index contributed by atoms with van der Waals surface area (Å²) < 4.78 is 45.7. The van der Waals surface area contributed by atoms with E-state index < -0.39 is 30.5 Å². The fraction of sp³-hybridized carbons (Fsp3) is 0.324. The second-order valence-electron chi connectivity index (χ2n) is 12.1. The number of aromatic amines is 1. The Labute approximate surface area is 284 Å². The minimum absolute atomic E-state index is 0.130. The molecule has 5 aromatic rings. The number of carbonyl (C=O) groups is 1. The van der Waals surface area contributed by atoms with E-state index in [0.29, 0.717) is 11.4 Å². The van der Waals surface area contributed by atoms with Gasteiger partial charge in [-0.1, -0.05) is 81.4 Å². The number of anilines is 1. The summed E-state index contributed by atoms with van der Waals surface area (Å²) in [6.07, 6.45) is 0.131. The lowest BCUT2D eigenvalue weighted by atomic mass is 10.1. The molecule has 1 unspecified atom stereocenters. The molecule has 0 radical (unpaired) electrons. The van der Waals surface area contributed by atoms with Crippen LogP contribution in [0.2, 0.25) is 18.1 Å². The number of H-pyrrole nitrogens is 1. The van der Waals surface area contributed by atoms with Crippen LogP contribution < -0.4 is 9.46 Å². The SMILES string of the molecule is CC[Si](CC)(CC)OC(CN(CCOc1ccc2c(c1)[nH]c1ccccc12)C(=O)OCc1ccccc1)c1cccc(NS(C)(=O)=O)c1. The number of nitrogens with one attached hydrogen (secondary N) is 2. The normalized spacial score (nSPS) is 12.6. The lowest BCUT2D eigenvalue weighted by Gasteiger charge is -2.36. The summed E-state index contributed by atoms with van der Waals surface area (Å²) in [6.45, 7) is 7.27. The third-order valence-electron chi connectivity index (χ3n) is 8.84. The summed E-state index contributed by atoms with van der Waals surface area (Å²) in [7, 11) is -5.66. The quantitative estimate of drug-likeness (QED) is 0.101. The van der Waals surface area contributed by atoms with Crippen LogP contribution in [0.4, 0.5) is 10.5 Å². The molecule has 9 nitrogen and oxygen atoms in total. The first-order chi connectivity index (χ1) is 23.1. The predicted octanol–water partition coefficient (Wildman–Crippen LogP) is 8.47. The van der Waals surface area contributed by atoms with Crippen molar-refractivity contribution in [2.24, 2.45) is 0 Å². The van der Waals surface area contributed by atoms with Gasteiger partial charge in [-0.25, -0.2) is 13.2 Å². The van der Waals surface area contributed by atoms with Gasteiger partial charge in [-0.2, -0.15) is 0 Å². The van der Waals surface area contributed by atoms with Crippen molar-refractivity contribution in [3.8, 4) is 5.75 Å². The monoisotopic (exact) mass is 687 g/mol. The number of fused-ring (bicyclic) bond motifs is 3. The Bertz CT molecular complexity index is 1920. The maximum atomic E-state index is 13.7. The molecule has 0 aliphatic rings. The molecule has 0 aliphatic carbocycles. The molecule has 4 aromatic carbocycles. The molecule has 0 bridgehead atoms. The summed E-state index contributed by atoms with van der Waals surface area (Å²) in [4.78, 5) is 18.8. The van der Waals surface area contributed by atoms with E-state index in [1.807, 2.05) is 72.8 Å². The van der Waals surface area contributed by atoms with Gasteiger partial charge in [0.05, 0.1) is 31.0 Å². The molecule has 0 saturated carbocycles. The highest BCUT2D eigenvalue weighted by molar-refractivity contribution is 7.92. The van der Waals surface area contributed by atoms with Crippen molar-refractivity contribution < 1.29 is 27.1 Å². The number of hydrogen-bond acceptors (Lipinski definition) is 6. The Morgan fingerprint density at radius 3 is 2.29 bits per heavy atom. The second kappa shape index (κ2) is 15.7. The third-order valence-corrected chi connectivity index (χ3v) is 14.1. The van der Waals surface area contributed by atoms with Crippen LogP contribution in [-0.2, 0) is 25.8 Å². The number of hydrogen-bond donors (Lipinski definition) is 2. The Kier molecular flexibility index (Phi) is 11.5. The van der Waals surface area contributed by atoms with Crippen molar-refractivity contribution in [3.63, 3.8) is 0 Å². The first kappa shape index (κ1) is 35.0. The van der Waals surface area contributed by atoms with E-state index in [2.05, 4.69) is 36.5 Å². The van der Waals surface area contributed by atoms with Crippen molar-refractivity contribution in [3.05, 3.63) is 108 Å². The standard InChI is InChI=1S/C37H45N3O6SSi/c1-5-48(6-2,7-3)46-36(29-16-13-17-30(24-29)39-47(4,42)43)26-40(37(41)45-27-28-14-9-8-10-15-28)22-23-44-31-20-21-33-32-18-11-12-19-34(32)38-35(33)25-31/h8-21,24-25,36,38-39H,5-7,22-23,26-27H2,1-4H3. The highest BCUT2D eigenvalue weighted by atomic mass is 32.2. The average molecular weight is 688 g/mol. The van der Waals surface area contributed by atoms with E-state index in [1.54, 1.807) is 23.1 Å². The summed E-state index contributed by atoms with van der Waals surface area (Å²) in [5.41, 5.74) is 4.14. The number of sulfonamides is 1. The Hall–Kier alpha value is -4.32. The van der Waals surface area contributed by atoms with Crippen LogP contribution >= 0.6 is 0 Å². The third kappa shape index (κ3) is 8.97. The lowest BCUT2D eigenvalue weighted by Crippen LogP contribution is -2.43. The molecule has 5 rings (SSSR count). The zero-order chi connectivity index (χ0) is 34.1. The lowest BCUT2D eigenvalue weighted by molar-refractivity contribution is 0.0666. The second-order valence-corrected chi connectivity index (χ2v) is 18.5. The van der Waals surface area contributed by atoms with Crippen LogP contribution in [0, 0.1) is 0 Å². The molecular formula is C37H45N3O6SSi. The maximum Gasteiger partial charge on any atom is 0.410 e. The molecular weight excluding hydrogens is 643 g/mol. The van der Waals surface area contributed by atoms with E-state index in [4.69, 9.17) is 13.9 Å². The van der Waals surface area contributed by atoms with Crippen LogP contribution in [0.25, 0.3) is 21.8 Å². The maximum absolute atomic E-state index is 13.7. The largest absolute Gasteiger partial charge is 0.492 e. The highest BCUT2D eigenvalue weighted by Gasteiger charge is 2.34.